The average molecular weight is 708 g/mol. The van der Waals surface area contributed by atoms with Crippen LogP contribution in [0.5, 0.6) is 0 Å². The Morgan fingerprint density at radius 2 is 1.62 bits per heavy atom. The lowest BCUT2D eigenvalue weighted by Crippen LogP contribution is -2.44. The number of nitrogens with one attached hydrogen (secondary N) is 1. The molecule has 4 aromatic rings. The topological polar surface area (TPSA) is 108 Å². The number of carbonyl (C=O) groups excluding carboxylic acids is 3. The van der Waals surface area contributed by atoms with Crippen molar-refractivity contribution in [2.75, 3.05) is 18.4 Å². The average Bonchev–Trinajstić information content (AvgIpc) is 3.48. The van der Waals surface area contributed by atoms with Crippen molar-refractivity contribution in [3.05, 3.63) is 106 Å². The molecule has 0 aliphatic carbocycles. The van der Waals surface area contributed by atoms with Gasteiger partial charge < -0.3 is 20.2 Å². The van der Waals surface area contributed by atoms with Gasteiger partial charge in [-0.05, 0) is 91.2 Å². The molecule has 0 bridgehead atoms. The molecular weight excluding hydrogens is 667 g/mol. The third-order valence-corrected chi connectivity index (χ3v) is 9.24. The van der Waals surface area contributed by atoms with E-state index in [2.05, 4.69) is 24.3 Å². The van der Waals surface area contributed by atoms with Crippen molar-refractivity contribution in [3.8, 4) is 5.69 Å². The first-order valence-electron chi connectivity index (χ1n) is 16.6. The Hall–Kier alpha value is -4.62. The van der Waals surface area contributed by atoms with Gasteiger partial charge in [-0.25, -0.2) is 4.68 Å². The second-order valence-electron chi connectivity index (χ2n) is 12.2. The van der Waals surface area contributed by atoms with Crippen LogP contribution in [-0.4, -0.2) is 67.2 Å². The molecule has 1 aromatic heterocycles. The number of aliphatic hydroxyl groups is 1. The number of unbranched alkanes of at least 4 members (excludes halogenated alkanes) is 2. The van der Waals surface area contributed by atoms with Crippen LogP contribution in [0.3, 0.4) is 0 Å². The first kappa shape index (κ1) is 36.7. The molecule has 1 aliphatic heterocycles. The fourth-order valence-corrected chi connectivity index (χ4v) is 6.39. The number of hydrogen-bond donors (Lipinski definition) is 2. The van der Waals surface area contributed by atoms with Crippen LogP contribution in [0.2, 0.25) is 0 Å². The van der Waals surface area contributed by atoms with E-state index in [4.69, 9.17) is 0 Å². The van der Waals surface area contributed by atoms with Crippen LogP contribution < -0.4 is 5.32 Å². The number of halogens is 3. The SMILES string of the molecule is CCCCN(CCCC)C(=O)c1cc(C)n(-c2ccc(NC(=O)c3ccc(SC(F)(F)F)cc3)cc2C(=O)N2Cc3ccccc3CC2O)n1. The van der Waals surface area contributed by atoms with Crippen LogP contribution in [0, 0.1) is 6.92 Å². The molecular formula is C37H40F3N5O4S. The summed E-state index contributed by atoms with van der Waals surface area (Å²) in [7, 11) is 0. The molecule has 50 heavy (non-hydrogen) atoms. The number of thioether (sulfide) groups is 1. The Kier molecular flexibility index (Phi) is 11.7. The second kappa shape index (κ2) is 15.9. The lowest BCUT2D eigenvalue weighted by Gasteiger charge is -2.34. The molecule has 1 unspecified atom stereocenters. The van der Waals surface area contributed by atoms with Crippen LogP contribution in [0.1, 0.15) is 87.6 Å². The summed E-state index contributed by atoms with van der Waals surface area (Å²) in [6.45, 7) is 7.28. The van der Waals surface area contributed by atoms with E-state index in [0.29, 0.717) is 24.5 Å². The van der Waals surface area contributed by atoms with E-state index in [1.165, 1.54) is 39.9 Å². The summed E-state index contributed by atoms with van der Waals surface area (Å²) in [5, 5.41) is 18.5. The zero-order valence-corrected chi connectivity index (χ0v) is 29.0. The number of fused-ring (bicyclic) bond motifs is 1. The van der Waals surface area contributed by atoms with Gasteiger partial charge in [0.25, 0.3) is 17.7 Å². The number of aryl methyl sites for hydroxylation is 1. The molecule has 0 spiro atoms. The van der Waals surface area contributed by atoms with Crippen LogP contribution in [0.25, 0.3) is 5.69 Å². The molecule has 13 heteroatoms. The second-order valence-corrected chi connectivity index (χ2v) is 13.4. The maximum absolute atomic E-state index is 14.3. The van der Waals surface area contributed by atoms with Crippen molar-refractivity contribution in [3.63, 3.8) is 0 Å². The third kappa shape index (κ3) is 8.75. The standard InChI is InChI=1S/C37H40F3N5O4S/c1-4-6-18-43(19-7-5-2)36(49)31-20-24(3)45(42-31)32-17-14-28(41-34(47)25-12-15-29(16-13-25)50-37(38,39)40)22-30(32)35(48)44-23-27-11-9-8-10-26(27)21-33(44)46/h8-17,20,22,33,46H,4-7,18-19,21,23H2,1-3H3,(H,41,47). The smallest absolute Gasteiger partial charge is 0.373 e. The van der Waals surface area contributed by atoms with Gasteiger partial charge in [-0.3, -0.25) is 14.4 Å². The Balaban J connectivity index is 1.49. The summed E-state index contributed by atoms with van der Waals surface area (Å²) >= 11 is -0.274. The number of nitrogens with zero attached hydrogens (tertiary/aromatic N) is 4. The Labute approximate surface area is 293 Å². The number of aromatic nitrogens is 2. The summed E-state index contributed by atoms with van der Waals surface area (Å²) in [5.74, 6) is -1.30. The molecule has 0 radical (unpaired) electrons. The van der Waals surface area contributed by atoms with Crippen molar-refractivity contribution in [2.45, 2.75) is 76.1 Å². The number of anilines is 1. The van der Waals surface area contributed by atoms with Gasteiger partial charge in [-0.2, -0.15) is 18.3 Å². The molecule has 3 aromatic carbocycles. The Morgan fingerprint density at radius 3 is 2.26 bits per heavy atom. The van der Waals surface area contributed by atoms with Crippen LogP contribution in [0.4, 0.5) is 18.9 Å². The molecule has 1 atom stereocenters. The van der Waals surface area contributed by atoms with Crippen LogP contribution in [0.15, 0.2) is 77.7 Å². The minimum Gasteiger partial charge on any atom is -0.373 e. The molecule has 2 N–H and O–H groups in total. The number of alkyl halides is 3. The summed E-state index contributed by atoms with van der Waals surface area (Å²) in [6.07, 6.45) is 2.72. The molecule has 9 nitrogen and oxygen atoms in total. The largest absolute Gasteiger partial charge is 0.446 e. The highest BCUT2D eigenvalue weighted by Gasteiger charge is 2.32. The zero-order chi connectivity index (χ0) is 36.0. The summed E-state index contributed by atoms with van der Waals surface area (Å²) in [4.78, 5) is 44.2. The highest BCUT2D eigenvalue weighted by atomic mass is 32.2. The summed E-state index contributed by atoms with van der Waals surface area (Å²) < 4.78 is 39.9. The van der Waals surface area contributed by atoms with E-state index in [1.54, 1.807) is 30.0 Å². The van der Waals surface area contributed by atoms with Gasteiger partial charge in [-0.15, -0.1) is 0 Å². The first-order valence-corrected chi connectivity index (χ1v) is 17.4. The number of rotatable bonds is 12. The van der Waals surface area contributed by atoms with E-state index in [-0.39, 0.29) is 58.0 Å². The predicted molar refractivity (Wildman–Crippen MR) is 186 cm³/mol. The van der Waals surface area contributed by atoms with Gasteiger partial charge in [0.1, 0.15) is 6.23 Å². The van der Waals surface area contributed by atoms with Crippen molar-refractivity contribution < 1.29 is 32.7 Å². The maximum atomic E-state index is 14.3. The molecule has 2 heterocycles. The van der Waals surface area contributed by atoms with Crippen molar-refractivity contribution in [1.82, 2.24) is 19.6 Å². The quantitative estimate of drug-likeness (QED) is 0.147. The molecule has 0 saturated carbocycles. The minimum absolute atomic E-state index is 0.0563. The first-order chi connectivity index (χ1) is 23.9. The van der Waals surface area contributed by atoms with Crippen molar-refractivity contribution in [1.29, 1.82) is 0 Å². The van der Waals surface area contributed by atoms with E-state index in [9.17, 15) is 32.7 Å². The molecule has 264 valence electrons. The molecule has 5 rings (SSSR count). The van der Waals surface area contributed by atoms with E-state index in [0.717, 1.165) is 36.8 Å². The normalized spacial score (nSPS) is 14.3. The molecule has 0 fully saturated rings. The lowest BCUT2D eigenvalue weighted by molar-refractivity contribution is -0.0328. The van der Waals surface area contributed by atoms with Gasteiger partial charge in [0.2, 0.25) is 0 Å². The van der Waals surface area contributed by atoms with E-state index >= 15 is 0 Å². The van der Waals surface area contributed by atoms with Crippen molar-refractivity contribution >= 4 is 35.2 Å². The number of aliphatic hydroxyl groups excluding tert-OH is 1. The number of carbonyl (C=O) groups is 3. The van der Waals surface area contributed by atoms with Crippen molar-refractivity contribution in [2.24, 2.45) is 0 Å². The fraction of sp³-hybridized carbons (Fsp3) is 0.351. The number of hydrogen-bond acceptors (Lipinski definition) is 6. The molecule has 0 saturated heterocycles. The number of benzene rings is 3. The van der Waals surface area contributed by atoms with Crippen LogP contribution in [-0.2, 0) is 13.0 Å². The lowest BCUT2D eigenvalue weighted by atomic mass is 9.97. The zero-order valence-electron chi connectivity index (χ0n) is 28.2. The highest BCUT2D eigenvalue weighted by Crippen LogP contribution is 2.37. The van der Waals surface area contributed by atoms with Crippen LogP contribution >= 0.6 is 11.8 Å². The molecule has 1 aliphatic rings. The fourth-order valence-electron chi connectivity index (χ4n) is 5.85. The third-order valence-electron chi connectivity index (χ3n) is 8.50. The van der Waals surface area contributed by atoms with Gasteiger partial charge >= 0.3 is 5.51 Å². The van der Waals surface area contributed by atoms with Gasteiger partial charge in [-0.1, -0.05) is 51.0 Å². The van der Waals surface area contributed by atoms with E-state index in [1.807, 2.05) is 24.3 Å². The van der Waals surface area contributed by atoms with Gasteiger partial charge in [0.05, 0.1) is 11.3 Å². The minimum atomic E-state index is -4.46. The maximum Gasteiger partial charge on any atom is 0.446 e. The van der Waals surface area contributed by atoms with Gasteiger partial charge in [0, 0.05) is 47.9 Å². The monoisotopic (exact) mass is 707 g/mol. The Morgan fingerprint density at radius 1 is 0.960 bits per heavy atom. The Bertz CT molecular complexity index is 1840. The summed E-state index contributed by atoms with van der Waals surface area (Å²) in [6, 6.07) is 18.9. The number of amides is 3. The highest BCUT2D eigenvalue weighted by molar-refractivity contribution is 8.00. The van der Waals surface area contributed by atoms with Gasteiger partial charge in [0.15, 0.2) is 5.69 Å². The van der Waals surface area contributed by atoms with E-state index < -0.39 is 23.6 Å². The summed E-state index contributed by atoms with van der Waals surface area (Å²) in [5.41, 5.74) is -0.944. The molecule has 3 amide bonds. The predicted octanol–water partition coefficient (Wildman–Crippen LogP) is 7.60.